The van der Waals surface area contributed by atoms with Crippen LogP contribution in [0.25, 0.3) is 0 Å². The first-order chi connectivity index (χ1) is 16.1. The number of likely N-dealkylation sites (tertiary alicyclic amines) is 1. The average molecular weight is 466 g/mol. The molecule has 0 saturated carbocycles. The molecule has 9 heteroatoms. The summed E-state index contributed by atoms with van der Waals surface area (Å²) in [7, 11) is 1.61. The Labute approximate surface area is 197 Å². The number of benzene rings is 2. The van der Waals surface area contributed by atoms with E-state index in [1.54, 1.807) is 18.9 Å². The third-order valence-electron chi connectivity index (χ3n) is 5.70. The van der Waals surface area contributed by atoms with E-state index in [1.807, 2.05) is 53.4 Å². The molecule has 1 fully saturated rings. The lowest BCUT2D eigenvalue weighted by Crippen LogP contribution is -2.47. The molecule has 2 N–H and O–H groups in total. The van der Waals surface area contributed by atoms with Crippen molar-refractivity contribution < 1.29 is 14.3 Å². The van der Waals surface area contributed by atoms with Crippen molar-refractivity contribution in [2.24, 2.45) is 0 Å². The topological polar surface area (TPSA) is 100 Å². The number of amides is 2. The van der Waals surface area contributed by atoms with Gasteiger partial charge in [0.25, 0.3) is 5.91 Å². The number of nitrogens with zero attached hydrogens (tertiary/aromatic N) is 3. The Morgan fingerprint density at radius 2 is 1.91 bits per heavy atom. The molecule has 0 aliphatic carbocycles. The minimum absolute atomic E-state index is 0.0643. The van der Waals surface area contributed by atoms with Crippen molar-refractivity contribution in [2.75, 3.05) is 20.2 Å². The Morgan fingerprint density at radius 1 is 1.15 bits per heavy atom. The molecule has 0 atom stereocenters. The Kier molecular flexibility index (Phi) is 7.62. The van der Waals surface area contributed by atoms with Gasteiger partial charge in [0.1, 0.15) is 12.1 Å². The molecule has 0 radical (unpaired) electrons. The molecule has 1 aromatic heterocycles. The number of rotatable bonds is 8. The predicted octanol–water partition coefficient (Wildman–Crippen LogP) is 3.07. The molecule has 4 rings (SSSR count). The summed E-state index contributed by atoms with van der Waals surface area (Å²) in [5.41, 5.74) is 2.64. The summed E-state index contributed by atoms with van der Waals surface area (Å²) in [6, 6.07) is 15.3. The van der Waals surface area contributed by atoms with Gasteiger partial charge in [-0.3, -0.25) is 14.7 Å². The molecule has 2 heterocycles. The number of methoxy groups -OCH3 is 1. The zero-order valence-corrected chi connectivity index (χ0v) is 19.3. The van der Waals surface area contributed by atoms with Crippen LogP contribution >= 0.6 is 11.8 Å². The summed E-state index contributed by atoms with van der Waals surface area (Å²) in [6.07, 6.45) is 3.29. The van der Waals surface area contributed by atoms with Crippen LogP contribution in [0.5, 0.6) is 5.75 Å². The van der Waals surface area contributed by atoms with E-state index in [0.717, 1.165) is 40.6 Å². The number of ether oxygens (including phenoxy) is 1. The number of para-hydroxylation sites is 1. The summed E-state index contributed by atoms with van der Waals surface area (Å²) >= 11 is 1.56. The first-order valence-corrected chi connectivity index (χ1v) is 11.9. The van der Waals surface area contributed by atoms with Gasteiger partial charge in [-0.05, 0) is 36.6 Å². The maximum atomic E-state index is 12.7. The van der Waals surface area contributed by atoms with E-state index >= 15 is 0 Å². The van der Waals surface area contributed by atoms with Gasteiger partial charge in [-0.15, -0.1) is 0 Å². The van der Waals surface area contributed by atoms with Gasteiger partial charge < -0.3 is 15.0 Å². The van der Waals surface area contributed by atoms with Crippen molar-refractivity contribution in [3.63, 3.8) is 0 Å². The number of piperidine rings is 1. The third-order valence-corrected chi connectivity index (χ3v) is 6.65. The molecule has 3 aromatic rings. The number of H-pyrrole nitrogens is 1. The van der Waals surface area contributed by atoms with E-state index in [4.69, 9.17) is 4.74 Å². The van der Waals surface area contributed by atoms with E-state index in [-0.39, 0.29) is 17.9 Å². The highest BCUT2D eigenvalue weighted by molar-refractivity contribution is 7.98. The maximum absolute atomic E-state index is 12.7. The highest BCUT2D eigenvalue weighted by Gasteiger charge is 2.24. The Bertz CT molecular complexity index is 1060. The normalized spacial score (nSPS) is 14.2. The molecule has 2 aromatic carbocycles. The standard InChI is InChI=1S/C24H27N5O3S/c1-32-21-5-3-2-4-19(21)14-22(30)29-12-10-20(11-13-29)27-23(31)18-8-6-17(7-9-18)15-33-24-25-16-26-28-24/h2-9,16,20H,10-15H2,1H3,(H,27,31)(H,25,26,28). The number of carbonyl (C=O) groups excluding carboxylic acids is 2. The van der Waals surface area contributed by atoms with Crippen molar-refractivity contribution in [2.45, 2.75) is 36.2 Å². The number of nitrogens with one attached hydrogen (secondary N) is 2. The smallest absolute Gasteiger partial charge is 0.251 e. The van der Waals surface area contributed by atoms with E-state index in [0.29, 0.717) is 25.1 Å². The molecule has 2 amide bonds. The summed E-state index contributed by atoms with van der Waals surface area (Å²) < 4.78 is 5.35. The first-order valence-electron chi connectivity index (χ1n) is 10.9. The molecule has 0 unspecified atom stereocenters. The highest BCUT2D eigenvalue weighted by atomic mass is 32.2. The lowest BCUT2D eigenvalue weighted by Gasteiger charge is -2.32. The van der Waals surface area contributed by atoms with Crippen LogP contribution < -0.4 is 10.1 Å². The van der Waals surface area contributed by atoms with Crippen LogP contribution in [-0.2, 0) is 17.0 Å². The summed E-state index contributed by atoms with van der Waals surface area (Å²) in [5.74, 6) is 1.49. The zero-order chi connectivity index (χ0) is 23.0. The summed E-state index contributed by atoms with van der Waals surface area (Å²) in [5, 5.41) is 10.5. The number of hydrogen-bond acceptors (Lipinski definition) is 6. The lowest BCUT2D eigenvalue weighted by molar-refractivity contribution is -0.131. The van der Waals surface area contributed by atoms with Crippen LogP contribution in [0, 0.1) is 0 Å². The van der Waals surface area contributed by atoms with Gasteiger partial charge in [0.05, 0.1) is 13.5 Å². The zero-order valence-electron chi connectivity index (χ0n) is 18.5. The van der Waals surface area contributed by atoms with Gasteiger partial charge in [0.2, 0.25) is 5.91 Å². The predicted molar refractivity (Wildman–Crippen MR) is 126 cm³/mol. The number of carbonyl (C=O) groups is 2. The van der Waals surface area contributed by atoms with E-state index in [1.165, 1.54) is 6.33 Å². The van der Waals surface area contributed by atoms with Gasteiger partial charge >= 0.3 is 0 Å². The van der Waals surface area contributed by atoms with Crippen LogP contribution in [0.2, 0.25) is 0 Å². The third kappa shape index (κ3) is 6.13. The second-order valence-electron chi connectivity index (χ2n) is 7.89. The van der Waals surface area contributed by atoms with Crippen LogP contribution in [0.15, 0.2) is 60.0 Å². The van der Waals surface area contributed by atoms with Gasteiger partial charge in [0.15, 0.2) is 5.16 Å². The van der Waals surface area contributed by atoms with E-state index < -0.39 is 0 Å². The van der Waals surface area contributed by atoms with Crippen molar-refractivity contribution in [1.82, 2.24) is 25.4 Å². The SMILES string of the molecule is COc1ccccc1CC(=O)N1CCC(NC(=O)c2ccc(CSc3ncn[nH]3)cc2)CC1. The molecular formula is C24H27N5O3S. The molecule has 0 spiro atoms. The van der Waals surface area contributed by atoms with Crippen molar-refractivity contribution in [3.05, 3.63) is 71.5 Å². The van der Waals surface area contributed by atoms with Crippen LogP contribution in [0.1, 0.15) is 34.3 Å². The number of aromatic nitrogens is 3. The number of hydrogen-bond donors (Lipinski definition) is 2. The minimum atomic E-state index is -0.0803. The molecule has 0 bridgehead atoms. The van der Waals surface area contributed by atoms with Crippen molar-refractivity contribution >= 4 is 23.6 Å². The number of thioether (sulfide) groups is 1. The monoisotopic (exact) mass is 465 g/mol. The summed E-state index contributed by atoms with van der Waals surface area (Å²) in [6.45, 7) is 1.27. The molecule has 8 nitrogen and oxygen atoms in total. The second kappa shape index (κ2) is 11.0. The fourth-order valence-corrected chi connectivity index (χ4v) is 4.57. The van der Waals surface area contributed by atoms with Crippen molar-refractivity contribution in [3.8, 4) is 5.75 Å². The highest BCUT2D eigenvalue weighted by Crippen LogP contribution is 2.21. The maximum Gasteiger partial charge on any atom is 0.251 e. The Morgan fingerprint density at radius 3 is 2.61 bits per heavy atom. The van der Waals surface area contributed by atoms with Gasteiger partial charge in [-0.2, -0.15) is 5.10 Å². The van der Waals surface area contributed by atoms with Crippen LogP contribution in [0.4, 0.5) is 0 Å². The quantitative estimate of drug-likeness (QED) is 0.496. The Balaban J connectivity index is 1.23. The van der Waals surface area contributed by atoms with Gasteiger partial charge in [0, 0.05) is 36.0 Å². The molecular weight excluding hydrogens is 438 g/mol. The average Bonchev–Trinajstić information content (AvgIpc) is 3.37. The Hall–Kier alpha value is -3.33. The molecule has 33 heavy (non-hydrogen) atoms. The second-order valence-corrected chi connectivity index (χ2v) is 8.86. The van der Waals surface area contributed by atoms with E-state index in [2.05, 4.69) is 20.5 Å². The fourth-order valence-electron chi connectivity index (χ4n) is 3.83. The van der Waals surface area contributed by atoms with Crippen LogP contribution in [0.3, 0.4) is 0 Å². The largest absolute Gasteiger partial charge is 0.496 e. The number of aromatic amines is 1. The molecule has 1 aliphatic rings. The fraction of sp³-hybridized carbons (Fsp3) is 0.333. The molecule has 172 valence electrons. The van der Waals surface area contributed by atoms with Crippen molar-refractivity contribution in [1.29, 1.82) is 0 Å². The minimum Gasteiger partial charge on any atom is -0.496 e. The van der Waals surface area contributed by atoms with Gasteiger partial charge in [-0.1, -0.05) is 42.1 Å². The summed E-state index contributed by atoms with van der Waals surface area (Å²) in [4.78, 5) is 31.3. The lowest BCUT2D eigenvalue weighted by atomic mass is 10.0. The van der Waals surface area contributed by atoms with Gasteiger partial charge in [-0.25, -0.2) is 4.98 Å². The molecule has 1 saturated heterocycles. The first kappa shape index (κ1) is 22.8. The van der Waals surface area contributed by atoms with E-state index in [9.17, 15) is 9.59 Å². The van der Waals surface area contributed by atoms with Crippen LogP contribution in [-0.4, -0.2) is 58.1 Å². The molecule has 1 aliphatic heterocycles.